The fraction of sp³-hybridized carbons (Fsp3) is 0.125. The number of esters is 1. The fourth-order valence-corrected chi connectivity index (χ4v) is 2.03. The van der Waals surface area contributed by atoms with Crippen LogP contribution in [0.25, 0.3) is 0 Å². The van der Waals surface area contributed by atoms with Gasteiger partial charge in [0, 0.05) is 16.4 Å². The topological polar surface area (TPSA) is 67.4 Å². The monoisotopic (exact) mass is 318 g/mol. The van der Waals surface area contributed by atoms with Crippen molar-refractivity contribution in [3.8, 4) is 0 Å². The lowest BCUT2D eigenvalue weighted by atomic mass is 10.2. The largest absolute Gasteiger partial charge is 0.465 e. The van der Waals surface area contributed by atoms with E-state index in [0.717, 1.165) is 5.56 Å². The number of benzene rings is 2. The maximum atomic E-state index is 12.0. The number of halogens is 1. The highest BCUT2D eigenvalue weighted by atomic mass is 35.5. The van der Waals surface area contributed by atoms with E-state index in [4.69, 9.17) is 11.6 Å². The molecule has 2 N–H and O–H groups in total. The molecule has 0 aromatic heterocycles. The van der Waals surface area contributed by atoms with Crippen molar-refractivity contribution in [3.63, 3.8) is 0 Å². The minimum absolute atomic E-state index is 0.360. The zero-order valence-corrected chi connectivity index (χ0v) is 12.9. The first-order valence-corrected chi connectivity index (χ1v) is 6.90. The highest BCUT2D eigenvalue weighted by molar-refractivity contribution is 6.31. The van der Waals surface area contributed by atoms with Crippen LogP contribution in [0.2, 0.25) is 5.02 Å². The Labute approximate surface area is 133 Å². The summed E-state index contributed by atoms with van der Waals surface area (Å²) < 4.78 is 4.64. The van der Waals surface area contributed by atoms with Crippen molar-refractivity contribution in [2.24, 2.45) is 0 Å². The van der Waals surface area contributed by atoms with Crippen molar-refractivity contribution in [1.29, 1.82) is 0 Å². The second-order valence-corrected chi connectivity index (χ2v) is 5.05. The lowest BCUT2D eigenvalue weighted by molar-refractivity contribution is 0.0600. The lowest BCUT2D eigenvalue weighted by Crippen LogP contribution is -2.20. The third-order valence-corrected chi connectivity index (χ3v) is 3.22. The third-order valence-electron chi connectivity index (χ3n) is 2.99. The van der Waals surface area contributed by atoms with Crippen LogP contribution in [0.3, 0.4) is 0 Å². The summed E-state index contributed by atoms with van der Waals surface area (Å²) in [4.78, 5) is 23.5. The third kappa shape index (κ3) is 3.99. The van der Waals surface area contributed by atoms with E-state index >= 15 is 0 Å². The zero-order chi connectivity index (χ0) is 16.1. The van der Waals surface area contributed by atoms with Gasteiger partial charge in [-0.1, -0.05) is 23.7 Å². The Balaban J connectivity index is 2.09. The van der Waals surface area contributed by atoms with Crippen LogP contribution in [-0.4, -0.2) is 19.1 Å². The first kappa shape index (κ1) is 15.9. The molecular weight excluding hydrogens is 304 g/mol. The van der Waals surface area contributed by atoms with E-state index in [-0.39, 0.29) is 0 Å². The summed E-state index contributed by atoms with van der Waals surface area (Å²) in [6.07, 6.45) is 0. The molecule has 5 nitrogen and oxygen atoms in total. The molecule has 0 unspecified atom stereocenters. The van der Waals surface area contributed by atoms with E-state index in [1.807, 2.05) is 13.0 Å². The number of anilines is 2. The summed E-state index contributed by atoms with van der Waals surface area (Å²) in [7, 11) is 1.30. The fourth-order valence-electron chi connectivity index (χ4n) is 1.86. The maximum Gasteiger partial charge on any atom is 0.337 e. The van der Waals surface area contributed by atoms with Gasteiger partial charge in [0.05, 0.1) is 12.7 Å². The number of aryl methyl sites for hydroxylation is 1. The Hall–Kier alpha value is -2.53. The summed E-state index contributed by atoms with van der Waals surface area (Å²) in [6.45, 7) is 1.86. The van der Waals surface area contributed by atoms with Crippen LogP contribution in [0.5, 0.6) is 0 Å². The van der Waals surface area contributed by atoms with Gasteiger partial charge in [-0.05, 0) is 42.8 Å². The van der Waals surface area contributed by atoms with Gasteiger partial charge in [0.2, 0.25) is 0 Å². The maximum absolute atomic E-state index is 12.0. The SMILES string of the molecule is COC(=O)c1cccc(NC(=O)Nc2cc(Cl)ccc2C)c1. The molecule has 0 aliphatic rings. The Bertz CT molecular complexity index is 716. The molecule has 0 atom stereocenters. The van der Waals surface area contributed by atoms with Crippen molar-refractivity contribution in [3.05, 3.63) is 58.6 Å². The number of nitrogens with one attached hydrogen (secondary N) is 2. The standard InChI is InChI=1S/C16H15ClN2O3/c1-10-6-7-12(17)9-14(10)19-16(21)18-13-5-3-4-11(8-13)15(20)22-2/h3-9H,1-2H3,(H2,18,19,21). The van der Waals surface area contributed by atoms with Crippen LogP contribution in [-0.2, 0) is 4.74 Å². The molecule has 0 saturated carbocycles. The molecule has 0 heterocycles. The Kier molecular flexibility index (Phi) is 5.01. The summed E-state index contributed by atoms with van der Waals surface area (Å²) in [5.74, 6) is -0.463. The van der Waals surface area contributed by atoms with Gasteiger partial charge >= 0.3 is 12.0 Å². The minimum atomic E-state index is -0.463. The molecule has 2 aromatic rings. The predicted octanol–water partition coefficient (Wildman–Crippen LogP) is 4.08. The van der Waals surface area contributed by atoms with E-state index in [9.17, 15) is 9.59 Å². The number of carbonyl (C=O) groups excluding carboxylic acids is 2. The van der Waals surface area contributed by atoms with Gasteiger partial charge in [0.15, 0.2) is 0 Å². The number of ether oxygens (including phenoxy) is 1. The molecular formula is C16H15ClN2O3. The van der Waals surface area contributed by atoms with Gasteiger partial charge in [0.25, 0.3) is 0 Å². The molecule has 2 rings (SSSR count). The molecule has 0 aliphatic heterocycles. The van der Waals surface area contributed by atoms with Crippen LogP contribution >= 0.6 is 11.6 Å². The second kappa shape index (κ2) is 6.95. The molecule has 22 heavy (non-hydrogen) atoms. The number of methoxy groups -OCH3 is 1. The molecule has 0 spiro atoms. The van der Waals surface area contributed by atoms with Crippen molar-refractivity contribution in [2.75, 3.05) is 17.7 Å². The van der Waals surface area contributed by atoms with Crippen LogP contribution in [0.1, 0.15) is 15.9 Å². The van der Waals surface area contributed by atoms with E-state index in [0.29, 0.717) is 22.0 Å². The Morgan fingerprint density at radius 1 is 1.09 bits per heavy atom. The number of urea groups is 1. The summed E-state index contributed by atoms with van der Waals surface area (Å²) in [5, 5.41) is 5.90. The number of hydrogen-bond acceptors (Lipinski definition) is 3. The summed E-state index contributed by atoms with van der Waals surface area (Å²) in [5.41, 5.74) is 2.36. The van der Waals surface area contributed by atoms with Crippen LogP contribution < -0.4 is 10.6 Å². The number of amides is 2. The number of rotatable bonds is 3. The van der Waals surface area contributed by atoms with Crippen molar-refractivity contribution < 1.29 is 14.3 Å². The molecule has 2 aromatic carbocycles. The first-order chi connectivity index (χ1) is 10.5. The smallest absolute Gasteiger partial charge is 0.337 e. The molecule has 0 fully saturated rings. The Morgan fingerprint density at radius 3 is 2.59 bits per heavy atom. The van der Waals surface area contributed by atoms with Gasteiger partial charge in [-0.3, -0.25) is 0 Å². The van der Waals surface area contributed by atoms with Gasteiger partial charge in [-0.25, -0.2) is 9.59 Å². The van der Waals surface area contributed by atoms with Crippen LogP contribution in [0.4, 0.5) is 16.2 Å². The average molecular weight is 319 g/mol. The van der Waals surface area contributed by atoms with Gasteiger partial charge in [-0.2, -0.15) is 0 Å². The highest BCUT2D eigenvalue weighted by Gasteiger charge is 2.09. The summed E-state index contributed by atoms with van der Waals surface area (Å²) in [6, 6.07) is 11.3. The molecule has 114 valence electrons. The van der Waals surface area contributed by atoms with Crippen molar-refractivity contribution in [1.82, 2.24) is 0 Å². The molecule has 0 saturated heterocycles. The molecule has 0 bridgehead atoms. The molecule has 6 heteroatoms. The quantitative estimate of drug-likeness (QED) is 0.838. The van der Waals surface area contributed by atoms with Crippen LogP contribution in [0.15, 0.2) is 42.5 Å². The minimum Gasteiger partial charge on any atom is -0.465 e. The number of carbonyl (C=O) groups is 2. The zero-order valence-electron chi connectivity index (χ0n) is 12.1. The van der Waals surface area contributed by atoms with Crippen molar-refractivity contribution in [2.45, 2.75) is 6.92 Å². The molecule has 2 amide bonds. The first-order valence-electron chi connectivity index (χ1n) is 6.52. The normalized spacial score (nSPS) is 9.95. The van der Waals surface area contributed by atoms with E-state index < -0.39 is 12.0 Å². The van der Waals surface area contributed by atoms with Gasteiger partial charge in [0.1, 0.15) is 0 Å². The Morgan fingerprint density at radius 2 is 1.86 bits per heavy atom. The van der Waals surface area contributed by atoms with Crippen LogP contribution in [0, 0.1) is 6.92 Å². The highest BCUT2D eigenvalue weighted by Crippen LogP contribution is 2.20. The molecule has 0 radical (unpaired) electrons. The average Bonchev–Trinajstić information content (AvgIpc) is 2.50. The van der Waals surface area contributed by atoms with Gasteiger partial charge in [-0.15, -0.1) is 0 Å². The predicted molar refractivity (Wildman–Crippen MR) is 86.6 cm³/mol. The van der Waals surface area contributed by atoms with Crippen molar-refractivity contribution >= 4 is 35.0 Å². The lowest BCUT2D eigenvalue weighted by Gasteiger charge is -2.11. The molecule has 0 aliphatic carbocycles. The van der Waals surface area contributed by atoms with Gasteiger partial charge < -0.3 is 15.4 Å². The van der Waals surface area contributed by atoms with E-state index in [2.05, 4.69) is 15.4 Å². The number of hydrogen-bond donors (Lipinski definition) is 2. The van der Waals surface area contributed by atoms with E-state index in [1.54, 1.807) is 30.3 Å². The van der Waals surface area contributed by atoms with E-state index in [1.165, 1.54) is 13.2 Å². The summed E-state index contributed by atoms with van der Waals surface area (Å²) >= 11 is 5.91. The second-order valence-electron chi connectivity index (χ2n) is 4.61.